The third-order valence-electron chi connectivity index (χ3n) is 3.17. The molecule has 23 heavy (non-hydrogen) atoms. The summed E-state index contributed by atoms with van der Waals surface area (Å²) < 4.78 is 0. The van der Waals surface area contributed by atoms with Gasteiger partial charge in [-0.15, -0.1) is 0 Å². The number of hydrogen-bond donors (Lipinski definition) is 2. The molecule has 4 heteroatoms. The molecular weight excluding hydrogens is 286 g/mol. The maximum Gasteiger partial charge on any atom is 0.219 e. The maximum atomic E-state index is 11.1. The van der Waals surface area contributed by atoms with Crippen LogP contribution >= 0.6 is 0 Å². The van der Waals surface area contributed by atoms with Crippen LogP contribution in [0.4, 0.5) is 0 Å². The molecule has 134 valence electrons. The van der Waals surface area contributed by atoms with Crippen LogP contribution in [0.3, 0.4) is 0 Å². The molecule has 0 unspecified atom stereocenters. The van der Waals surface area contributed by atoms with Crippen LogP contribution in [0.15, 0.2) is 18.3 Å². The topological polar surface area (TPSA) is 68.0 Å². The van der Waals surface area contributed by atoms with Gasteiger partial charge < -0.3 is 11.1 Å². The van der Waals surface area contributed by atoms with E-state index in [0.717, 1.165) is 50.8 Å². The van der Waals surface area contributed by atoms with Crippen LogP contribution in [-0.2, 0) is 17.6 Å². The van der Waals surface area contributed by atoms with Crippen LogP contribution in [0.5, 0.6) is 0 Å². The van der Waals surface area contributed by atoms with Gasteiger partial charge in [0.1, 0.15) is 0 Å². The SMILES string of the molecule is CC.CC.CNC(=O)CCCCc1ccc(CCCCN)cn1. The Labute approximate surface area is 143 Å². The number of aromatic nitrogens is 1. The van der Waals surface area contributed by atoms with Crippen molar-refractivity contribution < 1.29 is 4.79 Å². The molecule has 0 radical (unpaired) electrons. The molecule has 0 spiro atoms. The van der Waals surface area contributed by atoms with Crippen molar-refractivity contribution in [2.24, 2.45) is 5.73 Å². The highest BCUT2D eigenvalue weighted by atomic mass is 16.1. The minimum atomic E-state index is 0.114. The summed E-state index contributed by atoms with van der Waals surface area (Å²) in [6, 6.07) is 4.25. The van der Waals surface area contributed by atoms with Crippen molar-refractivity contribution in [2.45, 2.75) is 72.6 Å². The quantitative estimate of drug-likeness (QED) is 0.678. The minimum Gasteiger partial charge on any atom is -0.359 e. The van der Waals surface area contributed by atoms with Gasteiger partial charge in [-0.3, -0.25) is 9.78 Å². The summed E-state index contributed by atoms with van der Waals surface area (Å²) in [6.07, 6.45) is 8.69. The number of nitrogens with one attached hydrogen (secondary N) is 1. The fourth-order valence-electron chi connectivity index (χ4n) is 1.94. The lowest BCUT2D eigenvalue weighted by molar-refractivity contribution is -0.120. The molecule has 1 aromatic rings. The number of amides is 1. The first-order chi connectivity index (χ1) is 11.3. The van der Waals surface area contributed by atoms with Crippen molar-refractivity contribution in [2.75, 3.05) is 13.6 Å². The van der Waals surface area contributed by atoms with E-state index in [1.165, 1.54) is 5.56 Å². The van der Waals surface area contributed by atoms with Crippen molar-refractivity contribution in [3.05, 3.63) is 29.6 Å². The smallest absolute Gasteiger partial charge is 0.219 e. The number of nitrogens with zero attached hydrogens (tertiary/aromatic N) is 1. The van der Waals surface area contributed by atoms with Gasteiger partial charge in [0.2, 0.25) is 5.91 Å². The number of nitrogens with two attached hydrogens (primary N) is 1. The zero-order valence-electron chi connectivity index (χ0n) is 15.8. The molecule has 0 saturated heterocycles. The molecule has 0 bridgehead atoms. The highest BCUT2D eigenvalue weighted by Gasteiger charge is 2.00. The number of carbonyl (C=O) groups excluding carboxylic acids is 1. The van der Waals surface area contributed by atoms with Crippen LogP contribution in [-0.4, -0.2) is 24.5 Å². The zero-order chi connectivity index (χ0) is 17.9. The number of rotatable bonds is 9. The van der Waals surface area contributed by atoms with E-state index in [2.05, 4.69) is 22.4 Å². The van der Waals surface area contributed by atoms with Gasteiger partial charge >= 0.3 is 0 Å². The van der Waals surface area contributed by atoms with Gasteiger partial charge in [-0.2, -0.15) is 0 Å². The summed E-state index contributed by atoms with van der Waals surface area (Å²) in [6.45, 7) is 8.76. The van der Waals surface area contributed by atoms with Gasteiger partial charge in [0.15, 0.2) is 0 Å². The monoisotopic (exact) mass is 323 g/mol. The predicted octanol–water partition coefficient (Wildman–Crippen LogP) is 3.87. The van der Waals surface area contributed by atoms with Gasteiger partial charge in [0, 0.05) is 25.4 Å². The Hall–Kier alpha value is -1.42. The third kappa shape index (κ3) is 13.9. The first kappa shape index (κ1) is 23.8. The number of aryl methyl sites for hydroxylation is 2. The second-order valence-electron chi connectivity index (χ2n) is 4.78. The molecule has 0 aliphatic rings. The largest absolute Gasteiger partial charge is 0.359 e. The molecule has 1 heterocycles. The van der Waals surface area contributed by atoms with Crippen molar-refractivity contribution in [1.29, 1.82) is 0 Å². The van der Waals surface area contributed by atoms with E-state index >= 15 is 0 Å². The molecule has 1 amide bonds. The lowest BCUT2D eigenvalue weighted by Gasteiger charge is -2.03. The van der Waals surface area contributed by atoms with Crippen molar-refractivity contribution in [3.63, 3.8) is 0 Å². The van der Waals surface area contributed by atoms with E-state index in [-0.39, 0.29) is 5.91 Å². The van der Waals surface area contributed by atoms with E-state index in [0.29, 0.717) is 6.42 Å². The van der Waals surface area contributed by atoms with Crippen LogP contribution in [0.25, 0.3) is 0 Å². The minimum absolute atomic E-state index is 0.114. The van der Waals surface area contributed by atoms with E-state index in [1.54, 1.807) is 7.05 Å². The maximum absolute atomic E-state index is 11.1. The predicted molar refractivity (Wildman–Crippen MR) is 101 cm³/mol. The number of pyridine rings is 1. The lowest BCUT2D eigenvalue weighted by atomic mass is 10.1. The first-order valence-corrected chi connectivity index (χ1v) is 9.10. The van der Waals surface area contributed by atoms with E-state index in [4.69, 9.17) is 5.73 Å². The summed E-state index contributed by atoms with van der Waals surface area (Å²) in [5, 5.41) is 2.63. The Balaban J connectivity index is 0. The Bertz CT molecular complexity index is 363. The summed E-state index contributed by atoms with van der Waals surface area (Å²) in [4.78, 5) is 15.5. The van der Waals surface area contributed by atoms with Gasteiger partial charge in [0.25, 0.3) is 0 Å². The summed E-state index contributed by atoms with van der Waals surface area (Å²) in [5.74, 6) is 0.114. The molecule has 0 atom stereocenters. The van der Waals surface area contributed by atoms with Crippen molar-refractivity contribution in [3.8, 4) is 0 Å². The Kier molecular flexibility index (Phi) is 19.3. The van der Waals surface area contributed by atoms with Crippen molar-refractivity contribution in [1.82, 2.24) is 10.3 Å². The fraction of sp³-hybridized carbons (Fsp3) is 0.684. The molecule has 1 aromatic heterocycles. The summed E-state index contributed by atoms with van der Waals surface area (Å²) in [5.41, 5.74) is 7.86. The molecular formula is C19H37N3O. The van der Waals surface area contributed by atoms with Crippen LogP contribution in [0.1, 0.15) is 71.1 Å². The zero-order valence-corrected chi connectivity index (χ0v) is 15.8. The van der Waals surface area contributed by atoms with Gasteiger partial charge in [-0.05, 0) is 56.7 Å². The molecule has 0 aliphatic heterocycles. The molecule has 4 nitrogen and oxygen atoms in total. The Morgan fingerprint density at radius 2 is 1.70 bits per heavy atom. The van der Waals surface area contributed by atoms with Crippen LogP contribution in [0.2, 0.25) is 0 Å². The summed E-state index contributed by atoms with van der Waals surface area (Å²) >= 11 is 0. The number of carbonyl (C=O) groups is 1. The first-order valence-electron chi connectivity index (χ1n) is 9.10. The molecule has 1 rings (SSSR count). The number of hydrogen-bond acceptors (Lipinski definition) is 3. The normalized spacial score (nSPS) is 9.13. The second kappa shape index (κ2) is 18.6. The molecule has 0 aliphatic carbocycles. The average Bonchev–Trinajstić information content (AvgIpc) is 2.63. The third-order valence-corrected chi connectivity index (χ3v) is 3.17. The Morgan fingerprint density at radius 3 is 2.22 bits per heavy atom. The Morgan fingerprint density at radius 1 is 1.04 bits per heavy atom. The second-order valence-corrected chi connectivity index (χ2v) is 4.78. The molecule has 3 N–H and O–H groups in total. The lowest BCUT2D eigenvalue weighted by Crippen LogP contribution is -2.16. The molecule has 0 fully saturated rings. The van der Waals surface area contributed by atoms with Crippen LogP contribution < -0.4 is 11.1 Å². The standard InChI is InChI=1S/C15H25N3O.2C2H6/c1-17-15(19)8-3-2-7-14-10-9-13(12-18-14)6-4-5-11-16;2*1-2/h9-10,12H,2-8,11,16H2,1H3,(H,17,19);2*1-2H3. The highest BCUT2D eigenvalue weighted by molar-refractivity contribution is 5.75. The van der Waals surface area contributed by atoms with Crippen molar-refractivity contribution >= 4 is 5.91 Å². The highest BCUT2D eigenvalue weighted by Crippen LogP contribution is 2.08. The van der Waals surface area contributed by atoms with Gasteiger partial charge in [-0.1, -0.05) is 33.8 Å². The fourth-order valence-corrected chi connectivity index (χ4v) is 1.94. The summed E-state index contributed by atoms with van der Waals surface area (Å²) in [7, 11) is 1.67. The van der Waals surface area contributed by atoms with E-state index in [9.17, 15) is 4.79 Å². The molecule has 0 aromatic carbocycles. The van der Waals surface area contributed by atoms with Crippen LogP contribution in [0, 0.1) is 0 Å². The van der Waals surface area contributed by atoms with E-state index in [1.807, 2.05) is 33.9 Å². The van der Waals surface area contributed by atoms with E-state index < -0.39 is 0 Å². The van der Waals surface area contributed by atoms with Gasteiger partial charge in [-0.25, -0.2) is 0 Å². The average molecular weight is 324 g/mol. The molecule has 0 saturated carbocycles. The van der Waals surface area contributed by atoms with Gasteiger partial charge in [0.05, 0.1) is 0 Å². The number of unbranched alkanes of at least 4 members (excludes halogenated alkanes) is 2.